The highest BCUT2D eigenvalue weighted by atomic mass is 17.0. The molecule has 0 aliphatic carbocycles. The summed E-state index contributed by atoms with van der Waals surface area (Å²) in [6.45, 7) is -0.504. The van der Waals surface area contributed by atoms with Crippen molar-refractivity contribution >= 4 is 12.0 Å². The van der Waals surface area contributed by atoms with Gasteiger partial charge in [0.25, 0.3) is 10.2 Å². The lowest BCUT2D eigenvalue weighted by molar-refractivity contribution is -0.790. The third kappa shape index (κ3) is 9.22. The lowest BCUT2D eigenvalue weighted by Gasteiger charge is -2.13. The van der Waals surface area contributed by atoms with E-state index >= 15 is 0 Å². The van der Waals surface area contributed by atoms with E-state index in [-0.39, 0.29) is 24.5 Å². The van der Waals surface area contributed by atoms with Gasteiger partial charge in [-0.2, -0.15) is 0 Å². The first-order valence-electron chi connectivity index (χ1n) is 8.12. The fourth-order valence-corrected chi connectivity index (χ4v) is 2.09. The molecule has 0 aliphatic heterocycles. The van der Waals surface area contributed by atoms with Gasteiger partial charge in [-0.05, 0) is 43.0 Å². The van der Waals surface area contributed by atoms with Gasteiger partial charge in [0.1, 0.15) is 12.7 Å². The van der Waals surface area contributed by atoms with Gasteiger partial charge in [-0.3, -0.25) is 0 Å². The number of methoxy groups -OCH3 is 1. The molecule has 0 spiro atoms. The van der Waals surface area contributed by atoms with Crippen molar-refractivity contribution in [3.8, 4) is 11.5 Å². The highest BCUT2D eigenvalue weighted by Gasteiger charge is 2.15. The number of rotatable bonds is 13. The number of ether oxygens (including phenoxy) is 2. The molecule has 0 heterocycles. The van der Waals surface area contributed by atoms with Gasteiger partial charge in [0, 0.05) is 6.08 Å². The molecular weight excluding hydrogens is 380 g/mol. The van der Waals surface area contributed by atoms with E-state index in [9.17, 15) is 30.1 Å². The minimum Gasteiger partial charge on any atom is -0.504 e. The third-order valence-corrected chi connectivity index (χ3v) is 3.38. The first-order chi connectivity index (χ1) is 13.3. The van der Waals surface area contributed by atoms with Crippen molar-refractivity contribution in [2.75, 3.05) is 20.3 Å². The predicted molar refractivity (Wildman–Crippen MR) is 93.3 cm³/mol. The molecule has 12 nitrogen and oxygen atoms in total. The van der Waals surface area contributed by atoms with E-state index in [1.807, 2.05) is 0 Å². The number of hydrogen-bond donors (Lipinski definition) is 1. The second-order valence-corrected chi connectivity index (χ2v) is 5.40. The minimum atomic E-state index is -1.08. The molecule has 0 saturated carbocycles. The van der Waals surface area contributed by atoms with Gasteiger partial charge in [0.15, 0.2) is 11.5 Å². The van der Waals surface area contributed by atoms with Crippen LogP contribution in [0.25, 0.3) is 6.08 Å². The average Bonchev–Trinajstić information content (AvgIpc) is 2.64. The maximum Gasteiger partial charge on any atom is 0.330 e. The first-order valence-corrected chi connectivity index (χ1v) is 8.12. The Kier molecular flexibility index (Phi) is 9.58. The summed E-state index contributed by atoms with van der Waals surface area (Å²) in [4.78, 5) is 40.5. The Morgan fingerprint density at radius 1 is 1.25 bits per heavy atom. The van der Waals surface area contributed by atoms with Gasteiger partial charge in [-0.15, -0.1) is 20.2 Å². The van der Waals surface area contributed by atoms with E-state index in [1.54, 1.807) is 12.1 Å². The van der Waals surface area contributed by atoms with Crippen molar-refractivity contribution in [1.82, 2.24) is 0 Å². The molecule has 28 heavy (non-hydrogen) atoms. The lowest BCUT2D eigenvalue weighted by atomic mass is 10.1. The summed E-state index contributed by atoms with van der Waals surface area (Å²) in [7, 11) is 1.40. The van der Waals surface area contributed by atoms with Crippen molar-refractivity contribution in [3.05, 3.63) is 50.1 Å². The molecule has 1 unspecified atom stereocenters. The highest BCUT2D eigenvalue weighted by Crippen LogP contribution is 2.26. The van der Waals surface area contributed by atoms with Crippen LogP contribution in [0.1, 0.15) is 24.8 Å². The Bertz CT molecular complexity index is 707. The minimum absolute atomic E-state index is 0.0230. The maximum absolute atomic E-state index is 11.7. The SMILES string of the molecule is COc1cc(/C=C/C(=O)OCCCCC(CO[N+](=O)[O-])O[N+](=O)[O-])ccc1O. The van der Waals surface area contributed by atoms with Crippen molar-refractivity contribution in [1.29, 1.82) is 0 Å². The third-order valence-electron chi connectivity index (χ3n) is 3.38. The summed E-state index contributed by atoms with van der Waals surface area (Å²) in [5.74, 6) is -0.352. The fourth-order valence-electron chi connectivity index (χ4n) is 2.09. The number of aromatic hydroxyl groups is 1. The number of phenols is 1. The van der Waals surface area contributed by atoms with Crippen LogP contribution >= 0.6 is 0 Å². The highest BCUT2D eigenvalue weighted by molar-refractivity contribution is 5.87. The molecule has 0 fully saturated rings. The van der Waals surface area contributed by atoms with Crippen LogP contribution in [0.3, 0.4) is 0 Å². The summed E-state index contributed by atoms with van der Waals surface area (Å²) in [6.07, 6.45) is 2.47. The second kappa shape index (κ2) is 11.9. The van der Waals surface area contributed by atoms with Gasteiger partial charge in [-0.1, -0.05) is 6.07 Å². The number of hydrogen-bond acceptors (Lipinski definition) is 10. The second-order valence-electron chi connectivity index (χ2n) is 5.40. The number of phenolic OH excluding ortho intramolecular Hbond substituents is 1. The normalized spacial score (nSPS) is 11.6. The molecule has 1 atom stereocenters. The van der Waals surface area contributed by atoms with Crippen LogP contribution in [-0.4, -0.2) is 47.7 Å². The van der Waals surface area contributed by atoms with Crippen molar-refractivity contribution < 1.29 is 39.2 Å². The van der Waals surface area contributed by atoms with Crippen molar-refractivity contribution in [2.45, 2.75) is 25.4 Å². The molecule has 0 amide bonds. The van der Waals surface area contributed by atoms with E-state index in [1.165, 1.54) is 25.3 Å². The Balaban J connectivity index is 2.33. The van der Waals surface area contributed by atoms with Crippen LogP contribution in [-0.2, 0) is 19.2 Å². The van der Waals surface area contributed by atoms with E-state index < -0.39 is 28.9 Å². The summed E-state index contributed by atoms with van der Waals surface area (Å²) >= 11 is 0. The zero-order chi connectivity index (χ0) is 20.9. The Hall–Kier alpha value is -3.57. The van der Waals surface area contributed by atoms with Crippen LogP contribution in [0, 0.1) is 20.2 Å². The van der Waals surface area contributed by atoms with E-state index in [0.717, 1.165) is 0 Å². The molecule has 0 saturated heterocycles. The molecule has 0 radical (unpaired) electrons. The number of nitrogens with zero attached hydrogens (tertiary/aromatic N) is 2. The monoisotopic (exact) mass is 400 g/mol. The molecule has 0 aromatic heterocycles. The smallest absolute Gasteiger partial charge is 0.330 e. The predicted octanol–water partition coefficient (Wildman–Crippen LogP) is 1.91. The van der Waals surface area contributed by atoms with Gasteiger partial charge in [0.2, 0.25) is 0 Å². The van der Waals surface area contributed by atoms with Gasteiger partial charge in [-0.25, -0.2) is 4.79 Å². The number of carbonyl (C=O) groups excluding carboxylic acids is 1. The van der Waals surface area contributed by atoms with Crippen LogP contribution in [0.2, 0.25) is 0 Å². The molecule has 1 aromatic rings. The van der Waals surface area contributed by atoms with Gasteiger partial charge >= 0.3 is 5.97 Å². The number of esters is 1. The summed E-state index contributed by atoms with van der Waals surface area (Å²) in [6, 6.07) is 4.56. The summed E-state index contributed by atoms with van der Waals surface area (Å²) in [5, 5.41) is 27.9. The first kappa shape index (κ1) is 22.5. The summed E-state index contributed by atoms with van der Waals surface area (Å²) < 4.78 is 9.94. The Morgan fingerprint density at radius 3 is 2.64 bits per heavy atom. The van der Waals surface area contributed by atoms with Crippen LogP contribution in [0.4, 0.5) is 0 Å². The van der Waals surface area contributed by atoms with Crippen LogP contribution in [0.5, 0.6) is 11.5 Å². The van der Waals surface area contributed by atoms with E-state index in [4.69, 9.17) is 9.47 Å². The Morgan fingerprint density at radius 2 is 2.00 bits per heavy atom. The van der Waals surface area contributed by atoms with Gasteiger partial charge in [0.05, 0.1) is 13.7 Å². The zero-order valence-electron chi connectivity index (χ0n) is 15.0. The van der Waals surface area contributed by atoms with Crippen molar-refractivity contribution in [3.63, 3.8) is 0 Å². The van der Waals surface area contributed by atoms with Crippen LogP contribution in [0.15, 0.2) is 24.3 Å². The number of benzene rings is 1. The molecular formula is C16H20N2O10. The van der Waals surface area contributed by atoms with E-state index in [2.05, 4.69) is 9.68 Å². The standard InChI is InChI=1S/C16H20N2O10/c1-25-15-10-12(5-7-14(15)19)6-8-16(20)26-9-3-2-4-13(28-18(23)24)11-27-17(21)22/h5-8,10,13,19H,2-4,9,11H2,1H3/b8-6+. The average molecular weight is 400 g/mol. The fraction of sp³-hybridized carbons (Fsp3) is 0.438. The number of unbranched alkanes of at least 4 members (excludes halogenated alkanes) is 1. The molecule has 0 aliphatic rings. The molecule has 1 N–H and O–H groups in total. The zero-order valence-corrected chi connectivity index (χ0v) is 15.0. The molecule has 154 valence electrons. The molecule has 0 bridgehead atoms. The van der Waals surface area contributed by atoms with Gasteiger partial charge < -0.3 is 24.3 Å². The largest absolute Gasteiger partial charge is 0.504 e. The summed E-state index contributed by atoms with van der Waals surface area (Å²) in [5.41, 5.74) is 0.622. The van der Waals surface area contributed by atoms with Crippen molar-refractivity contribution in [2.24, 2.45) is 0 Å². The quantitative estimate of drug-likeness (QED) is 0.170. The maximum atomic E-state index is 11.7. The Labute approximate surface area is 159 Å². The van der Waals surface area contributed by atoms with Crippen LogP contribution < -0.4 is 4.74 Å². The number of carbonyl (C=O) groups is 1. The van der Waals surface area contributed by atoms with E-state index in [0.29, 0.717) is 18.4 Å². The molecule has 12 heteroatoms. The molecule has 1 rings (SSSR count). The lowest BCUT2D eigenvalue weighted by Crippen LogP contribution is -2.24. The molecule has 1 aromatic carbocycles. The topological polar surface area (TPSA) is 160 Å².